The lowest BCUT2D eigenvalue weighted by molar-refractivity contribution is -0.215. The van der Waals surface area contributed by atoms with Crippen LogP contribution in [0.1, 0.15) is 102 Å². The largest absolute Gasteiger partial charge is 0.451 e. The van der Waals surface area contributed by atoms with Crippen LogP contribution in [0.5, 0.6) is 0 Å². The Morgan fingerprint density at radius 3 is 2.19 bits per heavy atom. The van der Waals surface area contributed by atoms with Crippen molar-refractivity contribution in [3.63, 3.8) is 0 Å². The summed E-state index contributed by atoms with van der Waals surface area (Å²) in [6.07, 6.45) is 4.80. The first-order chi connectivity index (χ1) is 20.3. The number of anilines is 1. The summed E-state index contributed by atoms with van der Waals surface area (Å²) in [4.78, 5) is 27.6. The van der Waals surface area contributed by atoms with Gasteiger partial charge in [0.05, 0.1) is 0 Å². The summed E-state index contributed by atoms with van der Waals surface area (Å²) >= 11 is 0. The summed E-state index contributed by atoms with van der Waals surface area (Å²) in [5.74, 6) is 0.424. The minimum absolute atomic E-state index is 0.0298. The van der Waals surface area contributed by atoms with Crippen molar-refractivity contribution in [2.75, 3.05) is 11.4 Å². The maximum atomic E-state index is 14.3. The number of halogens is 4. The maximum absolute atomic E-state index is 14.3. The maximum Gasteiger partial charge on any atom is 0.451 e. The molecule has 11 heteroatoms. The molecule has 0 unspecified atom stereocenters. The highest BCUT2D eigenvalue weighted by atomic mass is 19.4. The van der Waals surface area contributed by atoms with Crippen LogP contribution in [-0.2, 0) is 16.4 Å². The van der Waals surface area contributed by atoms with Crippen molar-refractivity contribution in [2.45, 2.75) is 101 Å². The number of nitrogens with zero attached hydrogens (tertiary/aromatic N) is 5. The molecule has 6 aliphatic rings. The van der Waals surface area contributed by atoms with Gasteiger partial charge in [-0.3, -0.25) is 4.79 Å². The summed E-state index contributed by atoms with van der Waals surface area (Å²) in [5, 5.41) is 4.21. The fourth-order valence-corrected chi connectivity index (χ4v) is 8.11. The van der Waals surface area contributed by atoms with Crippen LogP contribution in [0.2, 0.25) is 0 Å². The Balaban J connectivity index is 1.14. The molecule has 6 aliphatic carbocycles. The predicted octanol–water partition coefficient (Wildman–Crippen LogP) is 7.58. The molecule has 7 nitrogen and oxygen atoms in total. The smallest absolute Gasteiger partial charge is 0.339 e. The van der Waals surface area contributed by atoms with Crippen molar-refractivity contribution in [1.82, 2.24) is 20.1 Å². The molecule has 0 radical (unpaired) electrons. The SMILES string of the molecule is CC(C)c1noc(C23CCC(CN(C(=O)CC45CC(F)(C4)C5)c4cccc(-c5cnc(C(F)(F)F)nc5)c4)(CC2)CC3)n1. The zero-order chi connectivity index (χ0) is 30.3. The number of fused-ring (bicyclic) bond motifs is 3. The van der Waals surface area contributed by atoms with Gasteiger partial charge in [0.2, 0.25) is 17.6 Å². The Bertz CT molecular complexity index is 1510. The second-order valence-electron chi connectivity index (χ2n) is 14.1. The molecule has 6 fully saturated rings. The van der Waals surface area contributed by atoms with E-state index in [2.05, 4.69) is 15.1 Å². The lowest BCUT2D eigenvalue weighted by Gasteiger charge is -2.66. The van der Waals surface area contributed by atoms with Gasteiger partial charge in [0.15, 0.2) is 5.82 Å². The van der Waals surface area contributed by atoms with Gasteiger partial charge in [-0.25, -0.2) is 14.4 Å². The molecule has 1 amide bonds. The molecule has 0 atom stereocenters. The Kier molecular flexibility index (Phi) is 6.32. The lowest BCUT2D eigenvalue weighted by Crippen LogP contribution is -2.65. The molecule has 228 valence electrons. The number of carbonyl (C=O) groups excluding carboxylic acids is 1. The number of hydrogen-bond donors (Lipinski definition) is 0. The van der Waals surface area contributed by atoms with E-state index in [1.807, 2.05) is 30.9 Å². The van der Waals surface area contributed by atoms with Crippen molar-refractivity contribution in [3.05, 3.63) is 54.2 Å². The van der Waals surface area contributed by atoms with Gasteiger partial charge in [0.25, 0.3) is 0 Å². The van der Waals surface area contributed by atoms with Crippen LogP contribution in [0.15, 0.2) is 41.2 Å². The fraction of sp³-hybridized carbons (Fsp3) is 0.594. The zero-order valence-corrected chi connectivity index (χ0v) is 24.4. The van der Waals surface area contributed by atoms with Crippen molar-refractivity contribution in [2.24, 2.45) is 10.8 Å². The van der Waals surface area contributed by atoms with E-state index in [1.54, 1.807) is 12.1 Å². The first-order valence-corrected chi connectivity index (χ1v) is 15.1. The van der Waals surface area contributed by atoms with Crippen LogP contribution in [0.25, 0.3) is 11.1 Å². The standard InChI is InChI=1S/C32H35F4N5O2/c1-20(2)25-39-27(43-40-25)30-9-6-28(7-10-30,8-11-30)19-41(24(42)13-29-16-31(33,17-29)18-29)23-5-3-4-21(12-23)22-14-37-26(38-15-22)32(34,35)36/h3-5,12,14-15,20H,6-11,13,16-19H2,1-2H3. The third kappa shape index (κ3) is 4.92. The topological polar surface area (TPSA) is 85.0 Å². The number of benzene rings is 1. The quantitative estimate of drug-likeness (QED) is 0.249. The minimum atomic E-state index is -4.62. The van der Waals surface area contributed by atoms with Gasteiger partial charge in [0.1, 0.15) is 5.67 Å². The molecule has 2 aromatic heterocycles. The second kappa shape index (κ2) is 9.56. The molecule has 0 N–H and O–H groups in total. The summed E-state index contributed by atoms with van der Waals surface area (Å²) in [6, 6.07) is 7.26. The summed E-state index contributed by atoms with van der Waals surface area (Å²) in [7, 11) is 0. The van der Waals surface area contributed by atoms with Crippen LogP contribution in [0.3, 0.4) is 0 Å². The minimum Gasteiger partial charge on any atom is -0.339 e. The molecule has 43 heavy (non-hydrogen) atoms. The zero-order valence-electron chi connectivity index (χ0n) is 24.4. The van der Waals surface area contributed by atoms with Crippen LogP contribution in [0, 0.1) is 10.8 Å². The highest BCUT2D eigenvalue weighted by Crippen LogP contribution is 2.71. The Morgan fingerprint density at radius 1 is 0.977 bits per heavy atom. The molecule has 4 bridgehead atoms. The van der Waals surface area contributed by atoms with E-state index in [9.17, 15) is 22.4 Å². The van der Waals surface area contributed by atoms with E-state index in [1.165, 1.54) is 0 Å². The number of carbonyl (C=O) groups is 1. The first kappa shape index (κ1) is 28.4. The van der Waals surface area contributed by atoms with E-state index < -0.39 is 17.7 Å². The van der Waals surface area contributed by atoms with Gasteiger partial charge in [0, 0.05) is 47.9 Å². The van der Waals surface area contributed by atoms with Gasteiger partial charge >= 0.3 is 6.18 Å². The molecule has 0 saturated heterocycles. The molecule has 9 rings (SSSR count). The highest BCUT2D eigenvalue weighted by Gasteiger charge is 2.69. The molecular weight excluding hydrogens is 562 g/mol. The molecular formula is C32H35F4N5O2. The van der Waals surface area contributed by atoms with Gasteiger partial charge in [-0.2, -0.15) is 18.2 Å². The van der Waals surface area contributed by atoms with E-state index in [0.29, 0.717) is 49.0 Å². The van der Waals surface area contributed by atoms with Crippen molar-refractivity contribution in [3.8, 4) is 11.1 Å². The first-order valence-electron chi connectivity index (χ1n) is 15.1. The molecule has 1 aromatic carbocycles. The van der Waals surface area contributed by atoms with E-state index >= 15 is 0 Å². The summed E-state index contributed by atoms with van der Waals surface area (Å²) in [5.41, 5.74) is 0.192. The van der Waals surface area contributed by atoms with E-state index in [4.69, 9.17) is 9.51 Å². The Labute approximate surface area is 247 Å². The van der Waals surface area contributed by atoms with E-state index in [0.717, 1.165) is 62.6 Å². The number of hydrogen-bond acceptors (Lipinski definition) is 6. The van der Waals surface area contributed by atoms with Crippen LogP contribution in [0.4, 0.5) is 23.2 Å². The van der Waals surface area contributed by atoms with Gasteiger partial charge in [-0.15, -0.1) is 0 Å². The average molecular weight is 598 g/mol. The van der Waals surface area contributed by atoms with Crippen molar-refractivity contribution < 1.29 is 26.9 Å². The fourth-order valence-electron chi connectivity index (χ4n) is 8.11. The Morgan fingerprint density at radius 2 is 1.63 bits per heavy atom. The van der Waals surface area contributed by atoms with Gasteiger partial charge in [-0.05, 0) is 86.3 Å². The predicted molar refractivity (Wildman–Crippen MR) is 150 cm³/mol. The molecule has 0 aliphatic heterocycles. The number of amides is 1. The normalized spacial score (nSPS) is 31.0. The van der Waals surface area contributed by atoms with Crippen LogP contribution < -0.4 is 4.90 Å². The number of alkyl halides is 4. The third-order valence-electron chi connectivity index (χ3n) is 10.6. The number of aromatic nitrogens is 4. The van der Waals surface area contributed by atoms with Crippen LogP contribution in [-0.4, -0.2) is 38.2 Å². The van der Waals surface area contributed by atoms with Gasteiger partial charge in [-0.1, -0.05) is 31.1 Å². The molecule has 6 saturated carbocycles. The average Bonchev–Trinajstić information content (AvgIpc) is 3.47. The van der Waals surface area contributed by atoms with E-state index in [-0.39, 0.29) is 28.1 Å². The molecule has 0 spiro atoms. The third-order valence-corrected chi connectivity index (χ3v) is 10.6. The monoisotopic (exact) mass is 597 g/mol. The highest BCUT2D eigenvalue weighted by molar-refractivity contribution is 5.95. The summed E-state index contributed by atoms with van der Waals surface area (Å²) in [6.45, 7) is 4.63. The lowest BCUT2D eigenvalue weighted by atomic mass is 9.41. The van der Waals surface area contributed by atoms with Crippen LogP contribution >= 0.6 is 0 Å². The number of rotatable bonds is 8. The molecule has 2 heterocycles. The van der Waals surface area contributed by atoms with Crippen molar-refractivity contribution in [1.29, 1.82) is 0 Å². The molecule has 3 aromatic rings. The van der Waals surface area contributed by atoms with Crippen molar-refractivity contribution >= 4 is 11.6 Å². The Hall–Kier alpha value is -3.37. The second-order valence-corrected chi connectivity index (χ2v) is 14.1. The van der Waals surface area contributed by atoms with Gasteiger partial charge < -0.3 is 9.42 Å². The summed E-state index contributed by atoms with van der Waals surface area (Å²) < 4.78 is 59.1.